The summed E-state index contributed by atoms with van der Waals surface area (Å²) < 4.78 is 0. The molecule has 8 radical (unpaired) electrons. The summed E-state index contributed by atoms with van der Waals surface area (Å²) in [5.41, 5.74) is 10.2. The minimum atomic E-state index is -0.483. The number of allylic oxidation sites excluding steroid dienone is 4. The summed E-state index contributed by atoms with van der Waals surface area (Å²) in [6, 6.07) is 29.8. The fraction of sp³-hybridized carbons (Fsp3) is 0.125. The zero-order valence-corrected chi connectivity index (χ0v) is 20.8. The monoisotopic (exact) mass is 452 g/mol. The topological polar surface area (TPSA) is 0 Å². The molecule has 36 heavy (non-hydrogen) atoms. The summed E-state index contributed by atoms with van der Waals surface area (Å²) in [7, 11) is 25.0. The summed E-state index contributed by atoms with van der Waals surface area (Å²) in [4.78, 5) is 0. The van der Waals surface area contributed by atoms with E-state index in [0.717, 1.165) is 17.5 Å². The van der Waals surface area contributed by atoms with Crippen LogP contribution in [0.15, 0.2) is 103 Å². The van der Waals surface area contributed by atoms with E-state index in [0.29, 0.717) is 21.9 Å². The average molecular weight is 452 g/mol. The van der Waals surface area contributed by atoms with Gasteiger partial charge in [0.05, 0.1) is 5.41 Å². The molecule has 0 spiro atoms. The SMILES string of the molecule is [B]c1cc(-c2ccc3c(c2)C(c2ccccc2)(c2ccccc2)C(=C/C)/C3=C\CC)c([B])c([B])c1[B]. The van der Waals surface area contributed by atoms with E-state index in [9.17, 15) is 0 Å². The first-order valence-corrected chi connectivity index (χ1v) is 12.3. The van der Waals surface area contributed by atoms with Crippen LogP contribution in [0.2, 0.25) is 0 Å². The first kappa shape index (κ1) is 24.3. The zero-order chi connectivity index (χ0) is 25.4. The van der Waals surface area contributed by atoms with E-state index < -0.39 is 5.41 Å². The lowest BCUT2D eigenvalue weighted by atomic mass is 9.64. The van der Waals surface area contributed by atoms with Crippen molar-refractivity contribution in [2.45, 2.75) is 25.7 Å². The maximum absolute atomic E-state index is 6.46. The van der Waals surface area contributed by atoms with Crippen molar-refractivity contribution in [1.29, 1.82) is 0 Å². The van der Waals surface area contributed by atoms with Gasteiger partial charge in [0, 0.05) is 0 Å². The van der Waals surface area contributed by atoms with Gasteiger partial charge in [-0.2, -0.15) is 0 Å². The Bertz CT molecular complexity index is 1460. The zero-order valence-electron chi connectivity index (χ0n) is 20.8. The summed E-state index contributed by atoms with van der Waals surface area (Å²) in [5, 5.41) is 0. The second kappa shape index (κ2) is 9.58. The number of hydrogen-bond donors (Lipinski definition) is 0. The summed E-state index contributed by atoms with van der Waals surface area (Å²) in [5.74, 6) is 0. The molecule has 0 aromatic heterocycles. The molecule has 0 fully saturated rings. The van der Waals surface area contributed by atoms with Crippen molar-refractivity contribution in [2.24, 2.45) is 0 Å². The van der Waals surface area contributed by atoms with Crippen molar-refractivity contribution in [3.63, 3.8) is 0 Å². The molecule has 0 aliphatic heterocycles. The maximum Gasteiger partial charge on any atom is 0.113 e. The summed E-state index contributed by atoms with van der Waals surface area (Å²) in [6.45, 7) is 4.31. The Labute approximate surface area is 220 Å². The van der Waals surface area contributed by atoms with Crippen LogP contribution in [0.5, 0.6) is 0 Å². The van der Waals surface area contributed by atoms with E-state index in [1.807, 2.05) is 6.07 Å². The maximum atomic E-state index is 6.46. The molecule has 164 valence electrons. The van der Waals surface area contributed by atoms with E-state index >= 15 is 0 Å². The number of rotatable bonds is 4. The summed E-state index contributed by atoms with van der Waals surface area (Å²) in [6.07, 6.45) is 5.52. The minimum absolute atomic E-state index is 0.323. The van der Waals surface area contributed by atoms with Gasteiger partial charge < -0.3 is 0 Å². The molecule has 0 saturated carbocycles. The van der Waals surface area contributed by atoms with Gasteiger partial charge in [-0.25, -0.2) is 0 Å². The molecular formula is C32H24B4. The van der Waals surface area contributed by atoms with Gasteiger partial charge in [-0.1, -0.05) is 103 Å². The van der Waals surface area contributed by atoms with Crippen LogP contribution in [0.25, 0.3) is 16.7 Å². The molecule has 0 bridgehead atoms. The lowest BCUT2D eigenvalue weighted by molar-refractivity contribution is 0.767. The predicted molar refractivity (Wildman–Crippen MR) is 158 cm³/mol. The minimum Gasteiger partial charge on any atom is -0.111 e. The van der Waals surface area contributed by atoms with Crippen molar-refractivity contribution >= 4 is 58.8 Å². The van der Waals surface area contributed by atoms with Crippen LogP contribution in [0.3, 0.4) is 0 Å². The second-order valence-corrected chi connectivity index (χ2v) is 9.23. The summed E-state index contributed by atoms with van der Waals surface area (Å²) >= 11 is 0. The highest BCUT2D eigenvalue weighted by Crippen LogP contribution is 2.57. The molecule has 0 amide bonds. The van der Waals surface area contributed by atoms with Crippen LogP contribution in [-0.4, -0.2) is 31.4 Å². The molecule has 4 heteroatoms. The highest BCUT2D eigenvalue weighted by molar-refractivity contribution is 6.63. The third-order valence-corrected chi connectivity index (χ3v) is 7.31. The number of fused-ring (bicyclic) bond motifs is 1. The fourth-order valence-corrected chi connectivity index (χ4v) is 5.71. The average Bonchev–Trinajstić information content (AvgIpc) is 3.20. The standard InChI is InChI=1S/C32H24B4/c1-3-11-23-24-17-16-20(25-19-28(33)30(35)31(36)29(25)34)18-27(24)32(26(23)4-2,21-12-7-5-8-13-21)22-14-9-6-10-15-22/h4-19H,3H2,1-2H3/b23-11-,26-4+. The first-order valence-electron chi connectivity index (χ1n) is 12.3. The van der Waals surface area contributed by atoms with E-state index in [4.69, 9.17) is 31.4 Å². The van der Waals surface area contributed by atoms with Gasteiger partial charge in [0.2, 0.25) is 0 Å². The van der Waals surface area contributed by atoms with E-state index in [1.165, 1.54) is 33.4 Å². The third kappa shape index (κ3) is 3.58. The highest BCUT2D eigenvalue weighted by atomic mass is 14.5. The van der Waals surface area contributed by atoms with E-state index in [1.54, 1.807) is 0 Å². The molecular weight excluding hydrogens is 428 g/mol. The normalized spacial score (nSPS) is 16.4. The Morgan fingerprint density at radius 3 is 1.86 bits per heavy atom. The van der Waals surface area contributed by atoms with Gasteiger partial charge in [0.25, 0.3) is 0 Å². The molecule has 4 aromatic rings. The van der Waals surface area contributed by atoms with Gasteiger partial charge in [-0.05, 0) is 63.9 Å². The lowest BCUT2D eigenvalue weighted by Gasteiger charge is -2.34. The molecule has 1 aliphatic carbocycles. The number of benzene rings is 4. The second-order valence-electron chi connectivity index (χ2n) is 9.23. The van der Waals surface area contributed by atoms with Gasteiger partial charge in [0.1, 0.15) is 31.4 Å². The largest absolute Gasteiger partial charge is 0.113 e. The van der Waals surface area contributed by atoms with Gasteiger partial charge >= 0.3 is 0 Å². The smallest absolute Gasteiger partial charge is 0.111 e. The van der Waals surface area contributed by atoms with Crippen molar-refractivity contribution in [3.05, 3.63) is 125 Å². The Hall–Kier alpha value is -3.38. The molecule has 5 rings (SSSR count). The number of hydrogen-bond acceptors (Lipinski definition) is 0. The van der Waals surface area contributed by atoms with Crippen LogP contribution < -0.4 is 21.9 Å². The third-order valence-electron chi connectivity index (χ3n) is 7.31. The molecule has 1 aliphatic rings. The Kier molecular flexibility index (Phi) is 6.47. The van der Waals surface area contributed by atoms with Crippen molar-refractivity contribution < 1.29 is 0 Å². The van der Waals surface area contributed by atoms with Crippen LogP contribution in [0.1, 0.15) is 42.5 Å². The molecule has 0 heterocycles. The molecule has 0 nitrogen and oxygen atoms in total. The fourth-order valence-electron chi connectivity index (χ4n) is 5.71. The Morgan fingerprint density at radius 2 is 1.31 bits per heavy atom. The van der Waals surface area contributed by atoms with Crippen LogP contribution >= 0.6 is 0 Å². The highest BCUT2D eigenvalue weighted by Gasteiger charge is 2.47. The first-order chi connectivity index (χ1) is 17.4. The molecule has 4 aromatic carbocycles. The molecule has 0 N–H and O–H groups in total. The van der Waals surface area contributed by atoms with Crippen LogP contribution in [0, 0.1) is 0 Å². The van der Waals surface area contributed by atoms with E-state index in [-0.39, 0.29) is 0 Å². The Balaban J connectivity index is 1.91. The van der Waals surface area contributed by atoms with E-state index in [2.05, 4.69) is 105 Å². The molecule has 0 unspecified atom stereocenters. The van der Waals surface area contributed by atoms with Crippen molar-refractivity contribution in [2.75, 3.05) is 0 Å². The van der Waals surface area contributed by atoms with Crippen molar-refractivity contribution in [1.82, 2.24) is 0 Å². The van der Waals surface area contributed by atoms with Gasteiger partial charge in [0.15, 0.2) is 0 Å². The molecule has 0 atom stereocenters. The predicted octanol–water partition coefficient (Wildman–Crippen LogP) is 3.62. The lowest BCUT2D eigenvalue weighted by Crippen LogP contribution is -2.47. The molecule has 0 saturated heterocycles. The Morgan fingerprint density at radius 1 is 0.694 bits per heavy atom. The van der Waals surface area contributed by atoms with Gasteiger partial charge in [-0.15, -0.1) is 16.4 Å². The van der Waals surface area contributed by atoms with Crippen LogP contribution in [-0.2, 0) is 5.41 Å². The van der Waals surface area contributed by atoms with Crippen molar-refractivity contribution in [3.8, 4) is 11.1 Å². The quantitative estimate of drug-likeness (QED) is 0.416. The van der Waals surface area contributed by atoms with Gasteiger partial charge in [-0.3, -0.25) is 0 Å². The van der Waals surface area contributed by atoms with Crippen LogP contribution in [0.4, 0.5) is 0 Å².